The summed E-state index contributed by atoms with van der Waals surface area (Å²) in [6, 6.07) is 12.1. The van der Waals surface area contributed by atoms with E-state index in [0.29, 0.717) is 18.0 Å². The molecule has 0 bridgehead atoms. The summed E-state index contributed by atoms with van der Waals surface area (Å²) in [5, 5.41) is 2.93. The van der Waals surface area contributed by atoms with E-state index in [2.05, 4.69) is 11.4 Å². The molecule has 1 atom stereocenters. The predicted molar refractivity (Wildman–Crippen MR) is 121 cm³/mol. The maximum Gasteiger partial charge on any atom is 0.264 e. The van der Waals surface area contributed by atoms with Gasteiger partial charge in [-0.3, -0.25) is 9.10 Å². The molecule has 4 rings (SSSR count). The van der Waals surface area contributed by atoms with Gasteiger partial charge in [-0.2, -0.15) is 0 Å². The van der Waals surface area contributed by atoms with E-state index in [1.165, 1.54) is 16.3 Å². The number of benzene rings is 2. The number of anilines is 1. The van der Waals surface area contributed by atoms with Crippen LogP contribution in [0.25, 0.3) is 0 Å². The van der Waals surface area contributed by atoms with Gasteiger partial charge in [0, 0.05) is 6.54 Å². The highest BCUT2D eigenvalue weighted by Crippen LogP contribution is 2.37. The Morgan fingerprint density at radius 1 is 1.10 bits per heavy atom. The van der Waals surface area contributed by atoms with Gasteiger partial charge in [0.05, 0.1) is 17.1 Å². The molecule has 1 heterocycles. The number of ether oxygens (including phenoxy) is 1. The SMILES string of the molecule is Cc1ccc(S(=O)(=O)N2C[C@H](C(=O)NCC3=CCCCC3)Oc3cc(C)ccc32)cc1. The third-order valence-electron chi connectivity index (χ3n) is 5.76. The van der Waals surface area contributed by atoms with E-state index in [9.17, 15) is 13.2 Å². The Balaban J connectivity index is 1.61. The minimum atomic E-state index is -3.84. The number of hydrogen-bond donors (Lipinski definition) is 1. The van der Waals surface area contributed by atoms with Crippen LogP contribution in [0.15, 0.2) is 59.0 Å². The molecular formula is C24H28N2O4S. The summed E-state index contributed by atoms with van der Waals surface area (Å²) in [4.78, 5) is 13.1. The minimum Gasteiger partial charge on any atom is -0.476 e. The number of fused-ring (bicyclic) bond motifs is 1. The first-order chi connectivity index (χ1) is 14.8. The van der Waals surface area contributed by atoms with E-state index in [1.54, 1.807) is 36.4 Å². The van der Waals surface area contributed by atoms with Crippen molar-refractivity contribution in [2.45, 2.75) is 50.5 Å². The first-order valence-corrected chi connectivity index (χ1v) is 12.1. The number of carbonyl (C=O) groups excluding carboxylic acids is 1. The Kier molecular flexibility index (Phi) is 6.05. The molecule has 0 radical (unpaired) electrons. The summed E-state index contributed by atoms with van der Waals surface area (Å²) in [5.41, 5.74) is 3.58. The molecule has 1 amide bonds. The second kappa shape index (κ2) is 8.75. The van der Waals surface area contributed by atoms with Gasteiger partial charge in [0.15, 0.2) is 6.10 Å². The van der Waals surface area contributed by atoms with Crippen LogP contribution in [0.1, 0.15) is 36.8 Å². The first-order valence-electron chi connectivity index (χ1n) is 10.7. The molecule has 2 aliphatic rings. The third kappa shape index (κ3) is 4.61. The summed E-state index contributed by atoms with van der Waals surface area (Å²) in [6.45, 7) is 4.22. The molecule has 0 aromatic heterocycles. The van der Waals surface area contributed by atoms with E-state index >= 15 is 0 Å². The molecule has 0 saturated heterocycles. The normalized spacial score (nSPS) is 18.6. The molecule has 1 aliphatic heterocycles. The molecule has 1 aliphatic carbocycles. The molecule has 164 valence electrons. The van der Waals surface area contributed by atoms with Gasteiger partial charge in [-0.05, 0) is 69.4 Å². The van der Waals surface area contributed by atoms with Crippen LogP contribution in [-0.2, 0) is 14.8 Å². The summed E-state index contributed by atoms with van der Waals surface area (Å²) in [6.07, 6.45) is 5.61. The highest BCUT2D eigenvalue weighted by molar-refractivity contribution is 7.92. The summed E-state index contributed by atoms with van der Waals surface area (Å²) < 4.78 is 34.1. The molecule has 6 nitrogen and oxygen atoms in total. The number of rotatable bonds is 5. The lowest BCUT2D eigenvalue weighted by Crippen LogP contribution is -2.51. The largest absolute Gasteiger partial charge is 0.476 e. The standard InChI is InChI=1S/C24H28N2O4S/c1-17-8-11-20(12-9-17)31(28,29)26-16-23(30-22-14-18(2)10-13-21(22)26)24(27)25-15-19-6-4-3-5-7-19/h6,8-14,23H,3-5,7,15-16H2,1-2H3,(H,25,27)/t23-/m1/s1. The van der Waals surface area contributed by atoms with Crippen molar-refractivity contribution in [1.29, 1.82) is 0 Å². The van der Waals surface area contributed by atoms with Gasteiger partial charge in [0.1, 0.15) is 5.75 Å². The smallest absolute Gasteiger partial charge is 0.264 e. The topological polar surface area (TPSA) is 75.7 Å². The molecule has 7 heteroatoms. The van der Waals surface area contributed by atoms with E-state index < -0.39 is 16.1 Å². The molecule has 1 N–H and O–H groups in total. The lowest BCUT2D eigenvalue weighted by atomic mass is 10.00. The molecule has 31 heavy (non-hydrogen) atoms. The van der Waals surface area contributed by atoms with Gasteiger partial charge in [-0.15, -0.1) is 0 Å². The Morgan fingerprint density at radius 2 is 1.84 bits per heavy atom. The van der Waals surface area contributed by atoms with E-state index in [0.717, 1.165) is 30.4 Å². The lowest BCUT2D eigenvalue weighted by molar-refractivity contribution is -0.127. The molecular weight excluding hydrogens is 412 g/mol. The average Bonchev–Trinajstić information content (AvgIpc) is 2.77. The van der Waals surface area contributed by atoms with Crippen LogP contribution >= 0.6 is 0 Å². The molecule has 0 fully saturated rings. The van der Waals surface area contributed by atoms with Crippen LogP contribution in [0.2, 0.25) is 0 Å². The van der Waals surface area contributed by atoms with Gasteiger partial charge in [-0.1, -0.05) is 35.4 Å². The van der Waals surface area contributed by atoms with Crippen molar-refractivity contribution < 1.29 is 17.9 Å². The fourth-order valence-electron chi connectivity index (χ4n) is 3.94. The van der Waals surface area contributed by atoms with E-state index in [-0.39, 0.29) is 17.3 Å². The number of hydrogen-bond acceptors (Lipinski definition) is 4. The fraction of sp³-hybridized carbons (Fsp3) is 0.375. The molecule has 2 aromatic carbocycles. The second-order valence-corrected chi connectivity index (χ2v) is 10.1. The fourth-order valence-corrected chi connectivity index (χ4v) is 5.42. The highest BCUT2D eigenvalue weighted by Gasteiger charge is 2.37. The zero-order valence-corrected chi connectivity index (χ0v) is 18.7. The van der Waals surface area contributed by atoms with Crippen LogP contribution in [0.4, 0.5) is 5.69 Å². The third-order valence-corrected chi connectivity index (χ3v) is 7.55. The Labute approximate surface area is 184 Å². The lowest BCUT2D eigenvalue weighted by Gasteiger charge is -2.35. The zero-order chi connectivity index (χ0) is 22.0. The number of nitrogens with one attached hydrogen (secondary N) is 1. The first kappa shape index (κ1) is 21.4. The van der Waals surface area contributed by atoms with Crippen LogP contribution in [0.5, 0.6) is 5.75 Å². The summed E-state index contributed by atoms with van der Waals surface area (Å²) in [7, 11) is -3.84. The summed E-state index contributed by atoms with van der Waals surface area (Å²) in [5.74, 6) is 0.0988. The Bertz CT molecular complexity index is 1110. The van der Waals surface area contributed by atoms with Gasteiger partial charge in [0.25, 0.3) is 15.9 Å². The Morgan fingerprint density at radius 3 is 2.55 bits per heavy atom. The van der Waals surface area contributed by atoms with Crippen molar-refractivity contribution in [3.63, 3.8) is 0 Å². The van der Waals surface area contributed by atoms with Crippen molar-refractivity contribution in [3.05, 3.63) is 65.2 Å². The van der Waals surface area contributed by atoms with Gasteiger partial charge < -0.3 is 10.1 Å². The molecule has 0 unspecified atom stereocenters. The maximum atomic E-state index is 13.4. The van der Waals surface area contributed by atoms with Crippen molar-refractivity contribution in [1.82, 2.24) is 5.32 Å². The van der Waals surface area contributed by atoms with E-state index in [4.69, 9.17) is 4.74 Å². The van der Waals surface area contributed by atoms with E-state index in [1.807, 2.05) is 19.9 Å². The Hall–Kier alpha value is -2.80. The molecule has 2 aromatic rings. The van der Waals surface area contributed by atoms with Crippen molar-refractivity contribution in [2.75, 3.05) is 17.4 Å². The monoisotopic (exact) mass is 440 g/mol. The number of sulfonamides is 1. The second-order valence-electron chi connectivity index (χ2n) is 8.25. The van der Waals surface area contributed by atoms with Gasteiger partial charge in [-0.25, -0.2) is 8.42 Å². The molecule has 0 saturated carbocycles. The average molecular weight is 441 g/mol. The number of allylic oxidation sites excluding steroid dienone is 1. The maximum absolute atomic E-state index is 13.4. The quantitative estimate of drug-likeness (QED) is 0.716. The highest BCUT2D eigenvalue weighted by atomic mass is 32.2. The number of carbonyl (C=O) groups is 1. The number of nitrogens with zero attached hydrogens (tertiary/aromatic N) is 1. The predicted octanol–water partition coefficient (Wildman–Crippen LogP) is 3.88. The van der Waals surface area contributed by atoms with Crippen LogP contribution < -0.4 is 14.4 Å². The van der Waals surface area contributed by atoms with Crippen molar-refractivity contribution in [3.8, 4) is 5.75 Å². The van der Waals surface area contributed by atoms with Crippen LogP contribution in [0, 0.1) is 13.8 Å². The van der Waals surface area contributed by atoms with Gasteiger partial charge in [0.2, 0.25) is 0 Å². The van der Waals surface area contributed by atoms with Crippen molar-refractivity contribution in [2.24, 2.45) is 0 Å². The van der Waals surface area contributed by atoms with Crippen LogP contribution in [0.3, 0.4) is 0 Å². The number of amides is 1. The van der Waals surface area contributed by atoms with Crippen molar-refractivity contribution >= 4 is 21.6 Å². The summed E-state index contributed by atoms with van der Waals surface area (Å²) >= 11 is 0. The van der Waals surface area contributed by atoms with Gasteiger partial charge >= 0.3 is 0 Å². The zero-order valence-electron chi connectivity index (χ0n) is 17.9. The van der Waals surface area contributed by atoms with Crippen LogP contribution in [-0.4, -0.2) is 33.5 Å². The minimum absolute atomic E-state index is 0.0723. The molecule has 0 spiro atoms. The number of aryl methyl sites for hydroxylation is 2.